The summed E-state index contributed by atoms with van der Waals surface area (Å²) >= 11 is 0. The zero-order chi connectivity index (χ0) is 9.73. The number of hydrogen-bond donors (Lipinski definition) is 1. The van der Waals surface area contributed by atoms with Gasteiger partial charge in [0, 0.05) is 5.54 Å². The highest BCUT2D eigenvalue weighted by Crippen LogP contribution is 2.33. The standard InChI is InChI=1S/C11H19NO/c1-3-4-9-12(2)11(10-13)7-5-6-8-11/h13H,5-10H2,1-2H3. The van der Waals surface area contributed by atoms with E-state index >= 15 is 0 Å². The number of likely N-dealkylation sites (N-methyl/N-ethyl adjacent to an activating group) is 1. The molecule has 0 unspecified atom stereocenters. The van der Waals surface area contributed by atoms with E-state index in [1.54, 1.807) is 0 Å². The van der Waals surface area contributed by atoms with E-state index < -0.39 is 0 Å². The maximum absolute atomic E-state index is 9.40. The predicted molar refractivity (Wildman–Crippen MR) is 54.4 cm³/mol. The lowest BCUT2D eigenvalue weighted by Crippen LogP contribution is -2.47. The van der Waals surface area contributed by atoms with Crippen molar-refractivity contribution >= 4 is 0 Å². The Morgan fingerprint density at radius 3 is 2.46 bits per heavy atom. The molecule has 1 aliphatic carbocycles. The molecule has 1 saturated carbocycles. The number of nitrogens with zero attached hydrogens (tertiary/aromatic N) is 1. The van der Waals surface area contributed by atoms with E-state index in [0.29, 0.717) is 0 Å². The van der Waals surface area contributed by atoms with Crippen LogP contribution in [0.5, 0.6) is 0 Å². The SMILES string of the molecule is CC#CCN(C)C1(CO)CCCC1. The fourth-order valence-electron chi connectivity index (χ4n) is 2.06. The number of aliphatic hydroxyl groups excluding tert-OH is 1. The maximum Gasteiger partial charge on any atom is 0.0615 e. The number of aliphatic hydroxyl groups is 1. The molecule has 74 valence electrons. The van der Waals surface area contributed by atoms with Gasteiger partial charge in [-0.15, -0.1) is 5.92 Å². The molecule has 1 rings (SSSR count). The number of rotatable bonds is 3. The summed E-state index contributed by atoms with van der Waals surface area (Å²) in [6.45, 7) is 2.90. The summed E-state index contributed by atoms with van der Waals surface area (Å²) in [5.74, 6) is 5.94. The van der Waals surface area contributed by atoms with Crippen LogP contribution in [0.4, 0.5) is 0 Å². The second kappa shape index (κ2) is 4.64. The lowest BCUT2D eigenvalue weighted by atomic mass is 9.97. The first-order valence-electron chi connectivity index (χ1n) is 4.97. The second-order valence-corrected chi connectivity index (χ2v) is 3.87. The van der Waals surface area contributed by atoms with Gasteiger partial charge in [-0.2, -0.15) is 0 Å². The fraction of sp³-hybridized carbons (Fsp3) is 0.818. The third kappa shape index (κ3) is 2.24. The molecule has 0 radical (unpaired) electrons. The summed E-state index contributed by atoms with van der Waals surface area (Å²) in [7, 11) is 2.06. The minimum absolute atomic E-state index is 0.0316. The molecule has 0 atom stereocenters. The molecule has 0 aromatic carbocycles. The molecule has 0 aliphatic heterocycles. The Bertz CT molecular complexity index is 208. The van der Waals surface area contributed by atoms with Crippen LogP contribution in [0, 0.1) is 11.8 Å². The van der Waals surface area contributed by atoms with Gasteiger partial charge in [-0.05, 0) is 26.8 Å². The summed E-state index contributed by atoms with van der Waals surface area (Å²) in [4.78, 5) is 2.20. The minimum Gasteiger partial charge on any atom is -0.394 e. The third-order valence-electron chi connectivity index (χ3n) is 3.13. The predicted octanol–water partition coefficient (Wildman–Crippen LogP) is 1.25. The van der Waals surface area contributed by atoms with Gasteiger partial charge in [0.1, 0.15) is 0 Å². The van der Waals surface area contributed by atoms with Crippen molar-refractivity contribution in [3.63, 3.8) is 0 Å². The summed E-state index contributed by atoms with van der Waals surface area (Å²) in [5, 5.41) is 9.40. The highest BCUT2D eigenvalue weighted by atomic mass is 16.3. The van der Waals surface area contributed by atoms with Gasteiger partial charge in [-0.25, -0.2) is 0 Å². The van der Waals surface area contributed by atoms with E-state index in [1.807, 2.05) is 6.92 Å². The van der Waals surface area contributed by atoms with Crippen molar-refractivity contribution in [1.29, 1.82) is 0 Å². The Morgan fingerprint density at radius 2 is 2.00 bits per heavy atom. The summed E-state index contributed by atoms with van der Waals surface area (Å²) in [6, 6.07) is 0. The highest BCUT2D eigenvalue weighted by molar-refractivity contribution is 5.02. The van der Waals surface area contributed by atoms with E-state index in [2.05, 4.69) is 23.8 Å². The van der Waals surface area contributed by atoms with Gasteiger partial charge in [0.25, 0.3) is 0 Å². The molecule has 0 aromatic rings. The zero-order valence-electron chi connectivity index (χ0n) is 8.64. The van der Waals surface area contributed by atoms with Crippen LogP contribution in [0.2, 0.25) is 0 Å². The van der Waals surface area contributed by atoms with Crippen LogP contribution < -0.4 is 0 Å². The molecule has 1 aliphatic rings. The van der Waals surface area contributed by atoms with Crippen molar-refractivity contribution < 1.29 is 5.11 Å². The van der Waals surface area contributed by atoms with Gasteiger partial charge in [0.2, 0.25) is 0 Å². The van der Waals surface area contributed by atoms with E-state index in [0.717, 1.165) is 19.4 Å². The smallest absolute Gasteiger partial charge is 0.0615 e. The Hall–Kier alpha value is -0.520. The summed E-state index contributed by atoms with van der Waals surface area (Å²) < 4.78 is 0. The maximum atomic E-state index is 9.40. The van der Waals surface area contributed by atoms with E-state index in [1.165, 1.54) is 12.8 Å². The third-order valence-corrected chi connectivity index (χ3v) is 3.13. The molecule has 2 nitrogen and oxygen atoms in total. The molecular weight excluding hydrogens is 162 g/mol. The van der Waals surface area contributed by atoms with Crippen LogP contribution in [-0.4, -0.2) is 35.7 Å². The van der Waals surface area contributed by atoms with Crippen molar-refractivity contribution in [1.82, 2.24) is 4.90 Å². The van der Waals surface area contributed by atoms with Crippen molar-refractivity contribution in [3.8, 4) is 11.8 Å². The molecule has 1 N–H and O–H groups in total. The van der Waals surface area contributed by atoms with Crippen LogP contribution in [0.1, 0.15) is 32.6 Å². The van der Waals surface area contributed by atoms with Crippen LogP contribution >= 0.6 is 0 Å². The Morgan fingerprint density at radius 1 is 1.38 bits per heavy atom. The van der Waals surface area contributed by atoms with Crippen molar-refractivity contribution in [2.45, 2.75) is 38.1 Å². The van der Waals surface area contributed by atoms with Crippen molar-refractivity contribution in [2.75, 3.05) is 20.2 Å². The van der Waals surface area contributed by atoms with Crippen LogP contribution in [0.25, 0.3) is 0 Å². The topological polar surface area (TPSA) is 23.5 Å². The summed E-state index contributed by atoms with van der Waals surface area (Å²) in [6.07, 6.45) is 4.71. The summed E-state index contributed by atoms with van der Waals surface area (Å²) in [5.41, 5.74) is 0.0316. The highest BCUT2D eigenvalue weighted by Gasteiger charge is 2.36. The number of hydrogen-bond acceptors (Lipinski definition) is 2. The first-order chi connectivity index (χ1) is 6.25. The van der Waals surface area contributed by atoms with Crippen LogP contribution in [0.15, 0.2) is 0 Å². The van der Waals surface area contributed by atoms with E-state index in [9.17, 15) is 5.11 Å². The average Bonchev–Trinajstić information content (AvgIpc) is 2.63. The van der Waals surface area contributed by atoms with Gasteiger partial charge in [0.15, 0.2) is 0 Å². The monoisotopic (exact) mass is 181 g/mol. The lowest BCUT2D eigenvalue weighted by molar-refractivity contribution is 0.0645. The normalized spacial score (nSPS) is 20.0. The minimum atomic E-state index is 0.0316. The van der Waals surface area contributed by atoms with Gasteiger partial charge >= 0.3 is 0 Å². The van der Waals surface area contributed by atoms with Gasteiger partial charge in [-0.1, -0.05) is 18.8 Å². The average molecular weight is 181 g/mol. The largest absolute Gasteiger partial charge is 0.394 e. The molecule has 0 heterocycles. The van der Waals surface area contributed by atoms with Gasteiger partial charge in [0.05, 0.1) is 13.2 Å². The Balaban J connectivity index is 2.57. The molecule has 2 heteroatoms. The van der Waals surface area contributed by atoms with Crippen molar-refractivity contribution in [3.05, 3.63) is 0 Å². The van der Waals surface area contributed by atoms with Gasteiger partial charge < -0.3 is 5.11 Å². The molecular formula is C11H19NO. The Kier molecular flexibility index (Phi) is 3.77. The fourth-order valence-corrected chi connectivity index (χ4v) is 2.06. The van der Waals surface area contributed by atoms with Crippen LogP contribution in [-0.2, 0) is 0 Å². The van der Waals surface area contributed by atoms with E-state index in [-0.39, 0.29) is 12.1 Å². The van der Waals surface area contributed by atoms with Gasteiger partial charge in [-0.3, -0.25) is 4.90 Å². The molecule has 0 aromatic heterocycles. The molecule has 1 fully saturated rings. The van der Waals surface area contributed by atoms with E-state index in [4.69, 9.17) is 0 Å². The van der Waals surface area contributed by atoms with Crippen molar-refractivity contribution in [2.24, 2.45) is 0 Å². The van der Waals surface area contributed by atoms with Crippen LogP contribution in [0.3, 0.4) is 0 Å². The molecule has 0 bridgehead atoms. The molecule has 0 amide bonds. The first-order valence-corrected chi connectivity index (χ1v) is 4.97. The second-order valence-electron chi connectivity index (χ2n) is 3.87. The first kappa shape index (κ1) is 10.6. The quantitative estimate of drug-likeness (QED) is 0.662. The molecule has 13 heavy (non-hydrogen) atoms. The molecule has 0 saturated heterocycles. The Labute approximate surface area is 80.9 Å². The lowest BCUT2D eigenvalue weighted by Gasteiger charge is -2.36. The molecule has 0 spiro atoms. The zero-order valence-corrected chi connectivity index (χ0v) is 8.64.